The smallest absolute Gasteiger partial charge is 0.271 e. The molecule has 23 heavy (non-hydrogen) atoms. The van der Waals surface area contributed by atoms with E-state index in [2.05, 4.69) is 20.5 Å². The molecule has 0 atom stereocenters. The molecule has 0 radical (unpaired) electrons. The molecule has 0 unspecified atom stereocenters. The maximum absolute atomic E-state index is 12.2. The summed E-state index contributed by atoms with van der Waals surface area (Å²) in [5, 5.41) is 11.9. The van der Waals surface area contributed by atoms with E-state index >= 15 is 0 Å². The molecule has 8 heteroatoms. The highest BCUT2D eigenvalue weighted by atomic mass is 32.1. The number of fused-ring (bicyclic) bond motifs is 2. The van der Waals surface area contributed by atoms with Gasteiger partial charge in [-0.2, -0.15) is 5.10 Å². The van der Waals surface area contributed by atoms with E-state index in [0.717, 1.165) is 25.0 Å². The van der Waals surface area contributed by atoms with Gasteiger partial charge in [0.2, 0.25) is 5.91 Å². The monoisotopic (exact) mass is 329 g/mol. The zero-order chi connectivity index (χ0) is 15.8. The number of aromatic nitrogens is 4. The first-order chi connectivity index (χ1) is 11.2. The van der Waals surface area contributed by atoms with Crippen molar-refractivity contribution in [2.45, 2.75) is 32.4 Å². The third kappa shape index (κ3) is 2.55. The molecule has 3 aromatic rings. The largest absolute Gasteiger partial charge is 0.349 e. The number of carbonyl (C=O) groups is 1. The SMILES string of the molecule is O=C(Cn1cnc2ccsc2c1=O)NCc1n[nH]c2c1CCC2. The van der Waals surface area contributed by atoms with Gasteiger partial charge < -0.3 is 5.32 Å². The number of aryl methyl sites for hydroxylation is 1. The van der Waals surface area contributed by atoms with Gasteiger partial charge in [-0.25, -0.2) is 4.98 Å². The second kappa shape index (κ2) is 5.62. The van der Waals surface area contributed by atoms with E-state index < -0.39 is 0 Å². The highest BCUT2D eigenvalue weighted by Gasteiger charge is 2.18. The first-order valence-corrected chi connectivity index (χ1v) is 8.34. The van der Waals surface area contributed by atoms with Crippen molar-refractivity contribution in [3.63, 3.8) is 0 Å². The number of nitrogens with zero attached hydrogens (tertiary/aromatic N) is 3. The fourth-order valence-electron chi connectivity index (χ4n) is 2.92. The number of rotatable bonds is 4. The molecule has 3 aromatic heterocycles. The van der Waals surface area contributed by atoms with Crippen LogP contribution in [-0.4, -0.2) is 25.7 Å². The highest BCUT2D eigenvalue weighted by Crippen LogP contribution is 2.22. The summed E-state index contributed by atoms with van der Waals surface area (Å²) in [7, 11) is 0. The van der Waals surface area contributed by atoms with E-state index in [4.69, 9.17) is 0 Å². The molecule has 0 bridgehead atoms. The molecule has 3 heterocycles. The number of hydrogen-bond donors (Lipinski definition) is 2. The minimum atomic E-state index is -0.223. The quantitative estimate of drug-likeness (QED) is 0.746. The van der Waals surface area contributed by atoms with Gasteiger partial charge in [0, 0.05) is 5.69 Å². The first kappa shape index (κ1) is 14.1. The van der Waals surface area contributed by atoms with Crippen LogP contribution in [0, 0.1) is 0 Å². The minimum Gasteiger partial charge on any atom is -0.349 e. The predicted molar refractivity (Wildman–Crippen MR) is 86.3 cm³/mol. The Labute approximate surface area is 135 Å². The fourth-order valence-corrected chi connectivity index (χ4v) is 3.71. The van der Waals surface area contributed by atoms with Crippen LogP contribution >= 0.6 is 11.3 Å². The van der Waals surface area contributed by atoms with Crippen molar-refractivity contribution in [3.8, 4) is 0 Å². The molecule has 118 valence electrons. The lowest BCUT2D eigenvalue weighted by Crippen LogP contribution is -2.32. The van der Waals surface area contributed by atoms with Crippen LogP contribution in [-0.2, 0) is 30.7 Å². The van der Waals surface area contributed by atoms with Crippen LogP contribution in [0.15, 0.2) is 22.6 Å². The summed E-state index contributed by atoms with van der Waals surface area (Å²) in [5.41, 5.74) is 3.79. The third-order valence-corrected chi connectivity index (χ3v) is 4.99. The summed E-state index contributed by atoms with van der Waals surface area (Å²) in [6.45, 7) is 0.348. The zero-order valence-electron chi connectivity index (χ0n) is 12.3. The molecule has 2 N–H and O–H groups in total. The van der Waals surface area contributed by atoms with E-state index in [-0.39, 0.29) is 18.0 Å². The van der Waals surface area contributed by atoms with Gasteiger partial charge in [-0.3, -0.25) is 19.3 Å². The van der Waals surface area contributed by atoms with Crippen molar-refractivity contribution >= 4 is 27.5 Å². The lowest BCUT2D eigenvalue weighted by molar-refractivity contribution is -0.121. The van der Waals surface area contributed by atoms with Crippen molar-refractivity contribution in [2.24, 2.45) is 0 Å². The maximum atomic E-state index is 12.2. The number of H-pyrrole nitrogens is 1. The highest BCUT2D eigenvalue weighted by molar-refractivity contribution is 7.17. The van der Waals surface area contributed by atoms with Gasteiger partial charge >= 0.3 is 0 Å². The number of carbonyl (C=O) groups excluding carboxylic acids is 1. The Bertz CT molecular complexity index is 939. The summed E-state index contributed by atoms with van der Waals surface area (Å²) in [6, 6.07) is 1.80. The van der Waals surface area contributed by atoms with E-state index in [1.54, 1.807) is 6.07 Å². The number of thiophene rings is 1. The Balaban J connectivity index is 1.45. The van der Waals surface area contributed by atoms with Crippen LogP contribution < -0.4 is 10.9 Å². The molecular weight excluding hydrogens is 314 g/mol. The van der Waals surface area contributed by atoms with Gasteiger partial charge in [0.1, 0.15) is 11.2 Å². The van der Waals surface area contributed by atoms with E-state index in [9.17, 15) is 9.59 Å². The average molecular weight is 329 g/mol. The summed E-state index contributed by atoms with van der Waals surface area (Å²) in [6.07, 6.45) is 4.59. The van der Waals surface area contributed by atoms with Gasteiger partial charge in [0.05, 0.1) is 24.1 Å². The van der Waals surface area contributed by atoms with Crippen molar-refractivity contribution in [1.29, 1.82) is 0 Å². The Morgan fingerprint density at radius 1 is 1.43 bits per heavy atom. The molecule has 0 spiro atoms. The van der Waals surface area contributed by atoms with Crippen molar-refractivity contribution in [1.82, 2.24) is 25.1 Å². The summed E-state index contributed by atoms with van der Waals surface area (Å²) in [4.78, 5) is 28.5. The van der Waals surface area contributed by atoms with E-state index in [1.807, 2.05) is 5.38 Å². The Kier molecular flexibility index (Phi) is 3.45. The van der Waals surface area contributed by atoms with E-state index in [1.165, 1.54) is 33.5 Å². The maximum Gasteiger partial charge on any atom is 0.271 e. The van der Waals surface area contributed by atoms with Crippen molar-refractivity contribution in [2.75, 3.05) is 0 Å². The van der Waals surface area contributed by atoms with Gasteiger partial charge in [0.15, 0.2) is 0 Å². The predicted octanol–water partition coefficient (Wildman–Crippen LogP) is 0.986. The Morgan fingerprint density at radius 2 is 2.35 bits per heavy atom. The number of hydrogen-bond acceptors (Lipinski definition) is 5. The van der Waals surface area contributed by atoms with Gasteiger partial charge in [0.25, 0.3) is 5.56 Å². The van der Waals surface area contributed by atoms with Crippen molar-refractivity contribution < 1.29 is 4.79 Å². The topological polar surface area (TPSA) is 92.7 Å². The lowest BCUT2D eigenvalue weighted by Gasteiger charge is -2.06. The van der Waals surface area contributed by atoms with Gasteiger partial charge in [-0.15, -0.1) is 11.3 Å². The second-order valence-electron chi connectivity index (χ2n) is 5.57. The molecule has 0 aromatic carbocycles. The number of nitrogens with one attached hydrogen (secondary N) is 2. The number of amides is 1. The third-order valence-electron chi connectivity index (χ3n) is 4.09. The normalized spacial score (nSPS) is 13.4. The summed E-state index contributed by atoms with van der Waals surface area (Å²) in [5.74, 6) is -0.223. The van der Waals surface area contributed by atoms with Crippen LogP contribution in [0.25, 0.3) is 10.2 Å². The molecule has 0 fully saturated rings. The van der Waals surface area contributed by atoms with E-state index in [0.29, 0.717) is 16.8 Å². The van der Waals surface area contributed by atoms with Crippen LogP contribution in [0.2, 0.25) is 0 Å². The lowest BCUT2D eigenvalue weighted by atomic mass is 10.2. The molecule has 7 nitrogen and oxygen atoms in total. The second-order valence-corrected chi connectivity index (χ2v) is 6.49. The standard InChI is InChI=1S/C15H15N5O2S/c21-13(16-6-12-9-2-1-3-10(9)18-19-12)7-20-8-17-11-4-5-23-14(11)15(20)22/h4-5,8H,1-3,6-7H2,(H,16,21)(H,18,19). The molecule has 1 aliphatic rings. The summed E-state index contributed by atoms with van der Waals surface area (Å²) < 4.78 is 1.91. The van der Waals surface area contributed by atoms with Crippen LogP contribution in [0.4, 0.5) is 0 Å². The molecule has 0 saturated carbocycles. The van der Waals surface area contributed by atoms with Crippen LogP contribution in [0.1, 0.15) is 23.4 Å². The molecule has 1 amide bonds. The zero-order valence-corrected chi connectivity index (χ0v) is 13.2. The Morgan fingerprint density at radius 3 is 3.26 bits per heavy atom. The molecule has 1 aliphatic carbocycles. The summed E-state index contributed by atoms with van der Waals surface area (Å²) >= 11 is 1.34. The fraction of sp³-hybridized carbons (Fsp3) is 0.333. The van der Waals surface area contributed by atoms with Crippen molar-refractivity contribution in [3.05, 3.63) is 45.1 Å². The van der Waals surface area contributed by atoms with Gasteiger partial charge in [-0.05, 0) is 36.3 Å². The first-order valence-electron chi connectivity index (χ1n) is 7.46. The number of aromatic amines is 1. The molecular formula is C15H15N5O2S. The molecule has 0 aliphatic heterocycles. The van der Waals surface area contributed by atoms with Crippen LogP contribution in [0.3, 0.4) is 0 Å². The average Bonchev–Trinajstić information content (AvgIpc) is 3.24. The van der Waals surface area contributed by atoms with Crippen LogP contribution in [0.5, 0.6) is 0 Å². The minimum absolute atomic E-state index is 0.0354. The Hall–Kier alpha value is -2.48. The molecule has 4 rings (SSSR count). The molecule has 0 saturated heterocycles. The van der Waals surface area contributed by atoms with Gasteiger partial charge in [-0.1, -0.05) is 0 Å².